The summed E-state index contributed by atoms with van der Waals surface area (Å²) in [6, 6.07) is 0. The molecule has 0 fully saturated rings. The van der Waals surface area contributed by atoms with Crippen LogP contribution in [0, 0.1) is 5.92 Å². The Labute approximate surface area is 99.2 Å². The average Bonchev–Trinajstić information content (AvgIpc) is 1.87. The molecule has 0 N–H and O–H groups in total. The zero-order valence-corrected chi connectivity index (χ0v) is 11.3. The van der Waals surface area contributed by atoms with E-state index in [4.69, 9.17) is 0 Å². The van der Waals surface area contributed by atoms with E-state index in [-0.39, 0.29) is 29.6 Å². The second-order valence-corrected chi connectivity index (χ2v) is 4.09. The summed E-state index contributed by atoms with van der Waals surface area (Å²) >= 11 is 0. The molecule has 0 rings (SSSR count). The standard InChI is InChI=1S/C10H21O.Na/c1-5-10(4,11)8-6-7-9(2)3;/h9H,5-8H2,1-4H3;/q-1;+1. The first-order valence-corrected chi connectivity index (χ1v) is 4.68. The van der Waals surface area contributed by atoms with Crippen LogP contribution in [-0.4, -0.2) is 5.60 Å². The van der Waals surface area contributed by atoms with E-state index in [1.54, 1.807) is 0 Å². The van der Waals surface area contributed by atoms with Crippen LogP contribution in [0.3, 0.4) is 0 Å². The van der Waals surface area contributed by atoms with Crippen LogP contribution in [0.5, 0.6) is 0 Å². The quantitative estimate of drug-likeness (QED) is 0.515. The summed E-state index contributed by atoms with van der Waals surface area (Å²) in [6.45, 7) is 8.19. The van der Waals surface area contributed by atoms with Crippen molar-refractivity contribution in [1.29, 1.82) is 0 Å². The SMILES string of the molecule is CCC(C)([O-])CCCC(C)C.[Na+]. The molecule has 0 aromatic carbocycles. The summed E-state index contributed by atoms with van der Waals surface area (Å²) < 4.78 is 0. The third-order valence-corrected chi connectivity index (χ3v) is 2.23. The fourth-order valence-electron chi connectivity index (χ4n) is 1.06. The molecule has 0 aromatic rings. The van der Waals surface area contributed by atoms with Crippen LogP contribution in [-0.2, 0) is 0 Å². The van der Waals surface area contributed by atoms with Crippen molar-refractivity contribution < 1.29 is 34.7 Å². The molecule has 0 aliphatic heterocycles. The molecule has 1 nitrogen and oxygen atoms in total. The summed E-state index contributed by atoms with van der Waals surface area (Å²) in [6.07, 6.45) is 3.87. The number of hydrogen-bond acceptors (Lipinski definition) is 1. The van der Waals surface area contributed by atoms with Crippen molar-refractivity contribution in [3.63, 3.8) is 0 Å². The molecule has 0 bridgehead atoms. The number of rotatable bonds is 5. The van der Waals surface area contributed by atoms with Gasteiger partial charge in [-0.25, -0.2) is 0 Å². The predicted octanol–water partition coefficient (Wildman–Crippen LogP) is -0.654. The summed E-state index contributed by atoms with van der Waals surface area (Å²) in [5, 5.41) is 11.5. The fourth-order valence-corrected chi connectivity index (χ4v) is 1.06. The molecule has 12 heavy (non-hydrogen) atoms. The van der Waals surface area contributed by atoms with Crippen molar-refractivity contribution >= 4 is 0 Å². The van der Waals surface area contributed by atoms with Gasteiger partial charge in [-0.2, -0.15) is 0 Å². The van der Waals surface area contributed by atoms with E-state index in [1.165, 1.54) is 6.42 Å². The Morgan fingerprint density at radius 2 is 1.83 bits per heavy atom. The average molecular weight is 180 g/mol. The topological polar surface area (TPSA) is 23.1 Å². The van der Waals surface area contributed by atoms with Crippen LogP contribution < -0.4 is 34.7 Å². The van der Waals surface area contributed by atoms with Crippen molar-refractivity contribution in [3.8, 4) is 0 Å². The second-order valence-electron chi connectivity index (χ2n) is 4.09. The Kier molecular flexibility index (Phi) is 9.48. The smallest absolute Gasteiger partial charge is 0.850 e. The molecule has 0 amide bonds. The molecule has 1 unspecified atom stereocenters. The first-order valence-electron chi connectivity index (χ1n) is 4.68. The first-order chi connectivity index (χ1) is 4.98. The van der Waals surface area contributed by atoms with E-state index in [9.17, 15) is 5.11 Å². The minimum Gasteiger partial charge on any atom is -0.850 e. The van der Waals surface area contributed by atoms with Crippen LogP contribution >= 0.6 is 0 Å². The fraction of sp³-hybridized carbons (Fsp3) is 1.00. The zero-order valence-electron chi connectivity index (χ0n) is 9.31. The van der Waals surface area contributed by atoms with Gasteiger partial charge in [-0.05, 0) is 5.92 Å². The van der Waals surface area contributed by atoms with Gasteiger partial charge in [0, 0.05) is 0 Å². The van der Waals surface area contributed by atoms with Gasteiger partial charge in [0.25, 0.3) is 0 Å². The molecular formula is C10H21NaO. The number of hydrogen-bond donors (Lipinski definition) is 0. The van der Waals surface area contributed by atoms with Gasteiger partial charge in [-0.1, -0.05) is 53.4 Å². The minimum atomic E-state index is -0.672. The Morgan fingerprint density at radius 3 is 2.17 bits per heavy atom. The van der Waals surface area contributed by atoms with E-state index < -0.39 is 5.60 Å². The van der Waals surface area contributed by atoms with Gasteiger partial charge in [-0.15, -0.1) is 5.60 Å². The molecule has 0 saturated carbocycles. The summed E-state index contributed by atoms with van der Waals surface area (Å²) in [7, 11) is 0. The minimum absolute atomic E-state index is 0. The monoisotopic (exact) mass is 180 g/mol. The van der Waals surface area contributed by atoms with Crippen LogP contribution in [0.1, 0.15) is 53.4 Å². The Hall–Kier alpha value is 0.960. The van der Waals surface area contributed by atoms with Crippen molar-refractivity contribution in [1.82, 2.24) is 0 Å². The van der Waals surface area contributed by atoms with Gasteiger partial charge in [-0.3, -0.25) is 0 Å². The first kappa shape index (κ1) is 15.4. The Bertz CT molecular complexity index is 100. The van der Waals surface area contributed by atoms with Crippen LogP contribution in [0.2, 0.25) is 0 Å². The van der Waals surface area contributed by atoms with Gasteiger partial charge in [0.05, 0.1) is 0 Å². The molecule has 0 aromatic heterocycles. The molecule has 0 aliphatic rings. The predicted molar refractivity (Wildman–Crippen MR) is 47.4 cm³/mol. The largest absolute Gasteiger partial charge is 1.00 e. The summed E-state index contributed by atoms with van der Waals surface area (Å²) in [5.74, 6) is 0.739. The molecule has 2 heteroatoms. The van der Waals surface area contributed by atoms with Gasteiger partial charge in [0.15, 0.2) is 0 Å². The van der Waals surface area contributed by atoms with Gasteiger partial charge in [0.1, 0.15) is 0 Å². The van der Waals surface area contributed by atoms with Gasteiger partial charge in [0.2, 0.25) is 0 Å². The van der Waals surface area contributed by atoms with Crippen molar-refractivity contribution in [2.75, 3.05) is 0 Å². The molecule has 0 aliphatic carbocycles. The Balaban J connectivity index is 0. The van der Waals surface area contributed by atoms with E-state index >= 15 is 0 Å². The summed E-state index contributed by atoms with van der Waals surface area (Å²) in [5.41, 5.74) is -0.672. The van der Waals surface area contributed by atoms with Crippen molar-refractivity contribution in [2.24, 2.45) is 5.92 Å². The maximum absolute atomic E-state index is 11.5. The van der Waals surface area contributed by atoms with Crippen LogP contribution in [0.25, 0.3) is 0 Å². The molecule has 0 spiro atoms. The second kappa shape index (κ2) is 7.37. The van der Waals surface area contributed by atoms with E-state index in [0.29, 0.717) is 0 Å². The van der Waals surface area contributed by atoms with Crippen molar-refractivity contribution in [3.05, 3.63) is 0 Å². The zero-order chi connectivity index (χ0) is 8.91. The van der Waals surface area contributed by atoms with E-state index in [1.807, 2.05) is 13.8 Å². The molecule has 0 saturated heterocycles. The summed E-state index contributed by atoms with van der Waals surface area (Å²) in [4.78, 5) is 0. The maximum atomic E-state index is 11.5. The molecule has 1 atom stereocenters. The molecule has 68 valence electrons. The molecular weight excluding hydrogens is 159 g/mol. The van der Waals surface area contributed by atoms with Crippen LogP contribution in [0.4, 0.5) is 0 Å². The third-order valence-electron chi connectivity index (χ3n) is 2.23. The molecule has 0 heterocycles. The maximum Gasteiger partial charge on any atom is 1.00 e. The van der Waals surface area contributed by atoms with Crippen LogP contribution in [0.15, 0.2) is 0 Å². The molecule has 0 radical (unpaired) electrons. The normalized spacial score (nSPS) is 15.5. The Morgan fingerprint density at radius 1 is 1.33 bits per heavy atom. The van der Waals surface area contributed by atoms with E-state index in [0.717, 1.165) is 25.2 Å². The van der Waals surface area contributed by atoms with E-state index in [2.05, 4.69) is 13.8 Å². The van der Waals surface area contributed by atoms with Gasteiger partial charge >= 0.3 is 29.6 Å². The van der Waals surface area contributed by atoms with Gasteiger partial charge < -0.3 is 5.11 Å². The van der Waals surface area contributed by atoms with Crippen molar-refractivity contribution in [2.45, 2.75) is 59.0 Å². The third kappa shape index (κ3) is 9.05.